The second kappa shape index (κ2) is 5.83. The predicted molar refractivity (Wildman–Crippen MR) is 51.5 cm³/mol. The largest absolute Gasteiger partial charge is 0.274 e. The van der Waals surface area contributed by atoms with E-state index < -0.39 is 0 Å². The van der Waals surface area contributed by atoms with Crippen molar-refractivity contribution in [3.63, 3.8) is 0 Å². The lowest BCUT2D eigenvalue weighted by Gasteiger charge is -2.00. The molecule has 0 heterocycles. The lowest BCUT2D eigenvalue weighted by molar-refractivity contribution is 0.870. The molecule has 0 spiro atoms. The molecule has 0 unspecified atom stereocenters. The minimum Gasteiger partial charge on any atom is -0.274 e. The molecule has 0 aromatic rings. The van der Waals surface area contributed by atoms with Crippen molar-refractivity contribution < 1.29 is 0 Å². The quantitative estimate of drug-likeness (QED) is 0.428. The summed E-state index contributed by atoms with van der Waals surface area (Å²) in [4.78, 5) is 8.21. The van der Waals surface area contributed by atoms with Crippen LogP contribution in [0.25, 0.3) is 0 Å². The van der Waals surface area contributed by atoms with Gasteiger partial charge in [-0.1, -0.05) is 19.9 Å². The third-order valence-electron chi connectivity index (χ3n) is 1.23. The van der Waals surface area contributed by atoms with Gasteiger partial charge in [0.25, 0.3) is 0 Å². The summed E-state index contributed by atoms with van der Waals surface area (Å²) in [5.41, 5.74) is 0. The summed E-state index contributed by atoms with van der Waals surface area (Å²) in [6, 6.07) is 0. The maximum Gasteiger partial charge on any atom is 0.125 e. The summed E-state index contributed by atoms with van der Waals surface area (Å²) in [6.07, 6.45) is 5.60. The van der Waals surface area contributed by atoms with E-state index in [-0.39, 0.29) is 0 Å². The normalized spacial score (nSPS) is 14.1. The van der Waals surface area contributed by atoms with Crippen molar-refractivity contribution in [3.05, 3.63) is 12.2 Å². The highest BCUT2D eigenvalue weighted by Crippen LogP contribution is 1.96. The zero-order valence-corrected chi connectivity index (χ0v) is 7.70. The molecule has 0 saturated heterocycles. The molecular weight excluding hydrogens is 136 g/mol. The highest BCUT2D eigenvalue weighted by molar-refractivity contribution is 5.93. The van der Waals surface area contributed by atoms with Crippen molar-refractivity contribution in [1.29, 1.82) is 0 Å². The third kappa shape index (κ3) is 4.48. The van der Waals surface area contributed by atoms with Crippen LogP contribution in [0.4, 0.5) is 0 Å². The van der Waals surface area contributed by atoms with Crippen molar-refractivity contribution in [2.24, 2.45) is 15.9 Å². The van der Waals surface area contributed by atoms with E-state index in [1.165, 1.54) is 0 Å². The van der Waals surface area contributed by atoms with Gasteiger partial charge in [0.2, 0.25) is 0 Å². The van der Waals surface area contributed by atoms with E-state index >= 15 is 0 Å². The van der Waals surface area contributed by atoms with Crippen LogP contribution in [0.2, 0.25) is 0 Å². The van der Waals surface area contributed by atoms with Gasteiger partial charge in [-0.3, -0.25) is 4.99 Å². The van der Waals surface area contributed by atoms with Crippen molar-refractivity contribution in [2.45, 2.75) is 20.8 Å². The first kappa shape index (κ1) is 10.1. The van der Waals surface area contributed by atoms with Gasteiger partial charge >= 0.3 is 0 Å². The Hall–Kier alpha value is -0.920. The lowest BCUT2D eigenvalue weighted by atomic mass is 10.2. The first-order valence-corrected chi connectivity index (χ1v) is 3.84. The Balaban J connectivity index is 4.10. The smallest absolute Gasteiger partial charge is 0.125 e. The molecule has 0 amide bonds. The second-order valence-corrected chi connectivity index (χ2v) is 2.54. The molecule has 0 aromatic heterocycles. The highest BCUT2D eigenvalue weighted by Gasteiger charge is 1.98. The third-order valence-corrected chi connectivity index (χ3v) is 1.23. The molecule has 0 N–H and O–H groups in total. The average molecular weight is 152 g/mol. The minimum absolute atomic E-state index is 0.404. The van der Waals surface area contributed by atoms with Gasteiger partial charge in [0.15, 0.2) is 0 Å². The van der Waals surface area contributed by atoms with Crippen molar-refractivity contribution in [1.82, 2.24) is 0 Å². The Morgan fingerprint density at radius 2 is 2.00 bits per heavy atom. The van der Waals surface area contributed by atoms with E-state index in [1.807, 2.05) is 19.1 Å². The molecule has 0 aliphatic carbocycles. The molecular formula is C9H16N2. The summed E-state index contributed by atoms with van der Waals surface area (Å²) in [6.45, 7) is 6.12. The molecule has 0 fully saturated rings. The molecule has 0 saturated carbocycles. The van der Waals surface area contributed by atoms with Crippen LogP contribution >= 0.6 is 0 Å². The molecule has 2 nitrogen and oxygen atoms in total. The topological polar surface area (TPSA) is 24.7 Å². The van der Waals surface area contributed by atoms with Crippen LogP contribution in [-0.2, 0) is 0 Å². The standard InChI is InChI=1S/C9H16N2/c1-5-6-7-11-9(10-4)8(2)3/h5-8H,1-4H3/b6-5-,10-9-,11-7-. The molecule has 62 valence electrons. The van der Waals surface area contributed by atoms with E-state index in [0.29, 0.717) is 5.92 Å². The van der Waals surface area contributed by atoms with Crippen LogP contribution < -0.4 is 0 Å². The average Bonchev–Trinajstić information content (AvgIpc) is 1.97. The Labute approximate surface area is 68.8 Å². The molecule has 2 heteroatoms. The van der Waals surface area contributed by atoms with E-state index in [4.69, 9.17) is 0 Å². The Bertz CT molecular complexity index is 176. The van der Waals surface area contributed by atoms with E-state index in [1.54, 1.807) is 13.3 Å². The van der Waals surface area contributed by atoms with Crippen LogP contribution in [0.15, 0.2) is 22.1 Å². The first-order chi connectivity index (χ1) is 5.22. The number of hydrogen-bond acceptors (Lipinski definition) is 1. The van der Waals surface area contributed by atoms with Crippen molar-refractivity contribution in [3.8, 4) is 0 Å². The van der Waals surface area contributed by atoms with Crippen LogP contribution in [-0.4, -0.2) is 19.1 Å². The summed E-state index contributed by atoms with van der Waals surface area (Å²) in [5, 5.41) is 0. The van der Waals surface area contributed by atoms with Gasteiger partial charge in [0.05, 0.1) is 0 Å². The number of allylic oxidation sites excluding steroid dienone is 2. The van der Waals surface area contributed by atoms with Gasteiger partial charge in [0, 0.05) is 19.2 Å². The zero-order chi connectivity index (χ0) is 8.69. The van der Waals surface area contributed by atoms with Crippen LogP contribution in [0, 0.1) is 5.92 Å². The fourth-order valence-corrected chi connectivity index (χ4v) is 0.670. The molecule has 0 radical (unpaired) electrons. The maximum atomic E-state index is 4.17. The van der Waals surface area contributed by atoms with E-state index in [0.717, 1.165) is 5.84 Å². The number of rotatable bonds is 2. The first-order valence-electron chi connectivity index (χ1n) is 3.84. The van der Waals surface area contributed by atoms with Crippen molar-refractivity contribution in [2.75, 3.05) is 7.05 Å². The predicted octanol–water partition coefficient (Wildman–Crippen LogP) is 2.32. The maximum absolute atomic E-state index is 4.17. The lowest BCUT2D eigenvalue weighted by Crippen LogP contribution is -2.03. The fourth-order valence-electron chi connectivity index (χ4n) is 0.670. The Morgan fingerprint density at radius 3 is 2.36 bits per heavy atom. The van der Waals surface area contributed by atoms with Crippen LogP contribution in [0.5, 0.6) is 0 Å². The summed E-state index contributed by atoms with van der Waals surface area (Å²) in [7, 11) is 1.77. The van der Waals surface area contributed by atoms with Crippen molar-refractivity contribution >= 4 is 12.1 Å². The van der Waals surface area contributed by atoms with Gasteiger partial charge in [-0.05, 0) is 13.0 Å². The number of aliphatic imine (C=N–C) groups is 2. The summed E-state index contributed by atoms with van der Waals surface area (Å²) in [5.74, 6) is 1.30. The SMILES string of the molecule is C\C=C/C=N\C(=N/C)C(C)C. The molecule has 0 aromatic carbocycles. The van der Waals surface area contributed by atoms with Gasteiger partial charge in [-0.2, -0.15) is 0 Å². The molecule has 11 heavy (non-hydrogen) atoms. The van der Waals surface area contributed by atoms with Gasteiger partial charge in [-0.15, -0.1) is 0 Å². The molecule has 0 bridgehead atoms. The van der Waals surface area contributed by atoms with E-state index in [2.05, 4.69) is 23.8 Å². The summed E-state index contributed by atoms with van der Waals surface area (Å²) >= 11 is 0. The minimum atomic E-state index is 0.404. The van der Waals surface area contributed by atoms with Gasteiger partial charge in [-0.25, -0.2) is 4.99 Å². The Kier molecular flexibility index (Phi) is 5.35. The van der Waals surface area contributed by atoms with Gasteiger partial charge < -0.3 is 0 Å². The number of hydrogen-bond donors (Lipinski definition) is 0. The monoisotopic (exact) mass is 152 g/mol. The number of amidine groups is 1. The van der Waals surface area contributed by atoms with Crippen LogP contribution in [0.1, 0.15) is 20.8 Å². The molecule has 0 aliphatic rings. The van der Waals surface area contributed by atoms with Crippen LogP contribution in [0.3, 0.4) is 0 Å². The summed E-state index contributed by atoms with van der Waals surface area (Å²) < 4.78 is 0. The Morgan fingerprint density at radius 1 is 1.36 bits per heavy atom. The number of nitrogens with zero attached hydrogens (tertiary/aromatic N) is 2. The molecule has 0 rings (SSSR count). The fraction of sp³-hybridized carbons (Fsp3) is 0.556. The zero-order valence-electron chi connectivity index (χ0n) is 7.70. The highest BCUT2D eigenvalue weighted by atomic mass is 14.9. The molecule has 0 aliphatic heterocycles. The van der Waals surface area contributed by atoms with Gasteiger partial charge in [0.1, 0.15) is 5.84 Å². The molecule has 0 atom stereocenters. The van der Waals surface area contributed by atoms with E-state index in [9.17, 15) is 0 Å². The second-order valence-electron chi connectivity index (χ2n) is 2.54.